The van der Waals surface area contributed by atoms with E-state index in [4.69, 9.17) is 0 Å². The van der Waals surface area contributed by atoms with E-state index in [2.05, 4.69) is 31.0 Å². The Morgan fingerprint density at radius 2 is 1.85 bits per heavy atom. The van der Waals surface area contributed by atoms with E-state index < -0.39 is 0 Å². The van der Waals surface area contributed by atoms with Gasteiger partial charge in [0.15, 0.2) is 0 Å². The summed E-state index contributed by atoms with van der Waals surface area (Å²) < 4.78 is 0. The second-order valence-corrected chi connectivity index (χ2v) is 5.76. The molecule has 120 valence electrons. The molecule has 1 rings (SSSR count). The number of hydrogen-bond acceptors (Lipinski definition) is 2. The fourth-order valence-corrected chi connectivity index (χ4v) is 3.02. The van der Waals surface area contributed by atoms with Gasteiger partial charge in [-0.05, 0) is 45.2 Å². The molecule has 0 bridgehead atoms. The molecule has 0 spiro atoms. The third-order valence-corrected chi connectivity index (χ3v) is 4.25. The largest absolute Gasteiger partial charge is 0.339 e. The van der Waals surface area contributed by atoms with Crippen LogP contribution >= 0.6 is 12.4 Å². The smallest absolute Gasteiger partial charge is 0.225 e. The molecule has 4 heteroatoms. The molecule has 1 saturated heterocycles. The zero-order valence-electron chi connectivity index (χ0n) is 13.5. The Hall–Kier alpha value is -0.280. The van der Waals surface area contributed by atoms with Crippen LogP contribution in [-0.4, -0.2) is 36.5 Å². The van der Waals surface area contributed by atoms with Crippen molar-refractivity contribution in [1.29, 1.82) is 0 Å². The number of nitrogens with zero attached hydrogens (tertiary/aromatic N) is 1. The van der Waals surface area contributed by atoms with Crippen LogP contribution < -0.4 is 5.32 Å². The monoisotopic (exact) mass is 304 g/mol. The molecule has 0 aromatic carbocycles. The first-order valence-corrected chi connectivity index (χ1v) is 8.25. The van der Waals surface area contributed by atoms with E-state index >= 15 is 0 Å². The Morgan fingerprint density at radius 3 is 2.35 bits per heavy atom. The summed E-state index contributed by atoms with van der Waals surface area (Å²) in [6, 6.07) is 0.476. The number of hydrogen-bond donors (Lipinski definition) is 1. The molecule has 0 aliphatic carbocycles. The van der Waals surface area contributed by atoms with Crippen LogP contribution in [0.25, 0.3) is 0 Å². The third kappa shape index (κ3) is 6.01. The Kier molecular flexibility index (Phi) is 11.2. The summed E-state index contributed by atoms with van der Waals surface area (Å²) in [5.74, 6) is 0.672. The van der Waals surface area contributed by atoms with Crippen molar-refractivity contribution in [2.24, 2.45) is 5.92 Å². The summed E-state index contributed by atoms with van der Waals surface area (Å²) in [5.41, 5.74) is 0. The van der Waals surface area contributed by atoms with Crippen molar-refractivity contribution < 1.29 is 4.79 Å². The summed E-state index contributed by atoms with van der Waals surface area (Å²) in [6.45, 7) is 9.59. The van der Waals surface area contributed by atoms with E-state index in [1.54, 1.807) is 0 Å². The van der Waals surface area contributed by atoms with Gasteiger partial charge in [0, 0.05) is 18.5 Å². The number of nitrogens with one attached hydrogen (secondary N) is 1. The second kappa shape index (κ2) is 11.4. The lowest BCUT2D eigenvalue weighted by atomic mass is 9.95. The van der Waals surface area contributed by atoms with Crippen molar-refractivity contribution in [3.05, 3.63) is 0 Å². The van der Waals surface area contributed by atoms with Gasteiger partial charge in [-0.2, -0.15) is 0 Å². The van der Waals surface area contributed by atoms with E-state index in [-0.39, 0.29) is 18.3 Å². The number of unbranched alkanes of at least 4 members (excludes halogenated alkanes) is 1. The molecular formula is C16H33ClN2O. The number of carbonyl (C=O) groups is 1. The minimum atomic E-state index is 0. The van der Waals surface area contributed by atoms with Gasteiger partial charge < -0.3 is 10.2 Å². The lowest BCUT2D eigenvalue weighted by Crippen LogP contribution is -2.48. The zero-order valence-corrected chi connectivity index (χ0v) is 14.3. The van der Waals surface area contributed by atoms with Crippen LogP contribution in [0.5, 0.6) is 0 Å². The maximum atomic E-state index is 12.8. The van der Waals surface area contributed by atoms with Gasteiger partial charge in [0.25, 0.3) is 0 Å². The molecule has 1 heterocycles. The first-order chi connectivity index (χ1) is 9.24. The maximum absolute atomic E-state index is 12.8. The van der Waals surface area contributed by atoms with Crippen molar-refractivity contribution in [3.8, 4) is 0 Å². The highest BCUT2D eigenvalue weighted by molar-refractivity contribution is 5.85. The molecule has 1 amide bonds. The molecule has 1 atom stereocenters. The van der Waals surface area contributed by atoms with Crippen LogP contribution in [0.15, 0.2) is 0 Å². The molecule has 0 saturated carbocycles. The molecule has 1 fully saturated rings. The fourth-order valence-electron chi connectivity index (χ4n) is 3.02. The van der Waals surface area contributed by atoms with Gasteiger partial charge in [-0.1, -0.05) is 33.6 Å². The van der Waals surface area contributed by atoms with Crippen molar-refractivity contribution in [3.63, 3.8) is 0 Å². The van der Waals surface area contributed by atoms with Crippen molar-refractivity contribution in [1.82, 2.24) is 10.2 Å². The first kappa shape index (κ1) is 19.7. The van der Waals surface area contributed by atoms with Gasteiger partial charge in [-0.3, -0.25) is 4.79 Å². The number of carbonyl (C=O) groups excluding carboxylic acids is 1. The molecule has 3 nitrogen and oxygen atoms in total. The molecule has 0 aromatic rings. The normalized spacial score (nSPS) is 17.4. The van der Waals surface area contributed by atoms with Crippen LogP contribution in [-0.2, 0) is 4.79 Å². The highest BCUT2D eigenvalue weighted by Gasteiger charge is 2.28. The Bertz CT molecular complexity index is 255. The Labute approximate surface area is 131 Å². The number of rotatable bonds is 8. The number of halogens is 1. The molecule has 0 radical (unpaired) electrons. The molecule has 1 aliphatic rings. The van der Waals surface area contributed by atoms with E-state index in [1.165, 1.54) is 12.8 Å². The van der Waals surface area contributed by atoms with E-state index in [9.17, 15) is 4.79 Å². The van der Waals surface area contributed by atoms with E-state index in [0.717, 1.165) is 51.7 Å². The summed E-state index contributed by atoms with van der Waals surface area (Å²) in [4.78, 5) is 15.0. The molecule has 1 aliphatic heterocycles. The van der Waals surface area contributed by atoms with Crippen molar-refractivity contribution in [2.45, 2.75) is 71.8 Å². The predicted molar refractivity (Wildman–Crippen MR) is 88.4 cm³/mol. The second-order valence-electron chi connectivity index (χ2n) is 5.76. The minimum Gasteiger partial charge on any atom is -0.339 e. The maximum Gasteiger partial charge on any atom is 0.225 e. The van der Waals surface area contributed by atoms with Gasteiger partial charge in [0.05, 0.1) is 0 Å². The van der Waals surface area contributed by atoms with Crippen LogP contribution in [0.3, 0.4) is 0 Å². The summed E-state index contributed by atoms with van der Waals surface area (Å²) in [7, 11) is 0. The SMILES string of the molecule is CCCCC(CC)C(=O)N(CCC)C1CCNCC1.Cl. The molecule has 20 heavy (non-hydrogen) atoms. The highest BCUT2D eigenvalue weighted by atomic mass is 35.5. The standard InChI is InChI=1S/C16H32N2O.ClH/c1-4-7-8-14(6-3)16(19)18(13-5-2)15-9-11-17-12-10-15;/h14-15,17H,4-13H2,1-3H3;1H. The lowest BCUT2D eigenvalue weighted by molar-refractivity contribution is -0.139. The van der Waals surface area contributed by atoms with Crippen molar-refractivity contribution in [2.75, 3.05) is 19.6 Å². The van der Waals surface area contributed by atoms with Gasteiger partial charge in [-0.15, -0.1) is 12.4 Å². The molecule has 1 unspecified atom stereocenters. The Morgan fingerprint density at radius 1 is 1.20 bits per heavy atom. The van der Waals surface area contributed by atoms with Crippen LogP contribution in [0.4, 0.5) is 0 Å². The lowest BCUT2D eigenvalue weighted by Gasteiger charge is -2.36. The van der Waals surface area contributed by atoms with Gasteiger partial charge >= 0.3 is 0 Å². The topological polar surface area (TPSA) is 32.3 Å². The highest BCUT2D eigenvalue weighted by Crippen LogP contribution is 2.21. The summed E-state index contributed by atoms with van der Waals surface area (Å²) in [5, 5.41) is 3.39. The first-order valence-electron chi connectivity index (χ1n) is 8.25. The van der Waals surface area contributed by atoms with E-state index in [0.29, 0.717) is 11.9 Å². The van der Waals surface area contributed by atoms with Crippen molar-refractivity contribution >= 4 is 18.3 Å². The zero-order chi connectivity index (χ0) is 14.1. The van der Waals surface area contributed by atoms with Crippen LogP contribution in [0.1, 0.15) is 65.7 Å². The van der Waals surface area contributed by atoms with Crippen LogP contribution in [0.2, 0.25) is 0 Å². The molecule has 0 aromatic heterocycles. The van der Waals surface area contributed by atoms with Crippen LogP contribution in [0, 0.1) is 5.92 Å². The molecule has 1 N–H and O–H groups in total. The Balaban J connectivity index is 0.00000361. The average Bonchev–Trinajstić information content (AvgIpc) is 2.46. The minimum absolute atomic E-state index is 0. The number of amides is 1. The van der Waals surface area contributed by atoms with Gasteiger partial charge in [0.1, 0.15) is 0 Å². The fraction of sp³-hybridized carbons (Fsp3) is 0.938. The quantitative estimate of drug-likeness (QED) is 0.743. The summed E-state index contributed by atoms with van der Waals surface area (Å²) in [6.07, 6.45) is 7.73. The average molecular weight is 305 g/mol. The number of piperidine rings is 1. The summed E-state index contributed by atoms with van der Waals surface area (Å²) >= 11 is 0. The predicted octanol–water partition coefficient (Wildman–Crippen LogP) is 3.62. The van der Waals surface area contributed by atoms with Gasteiger partial charge in [-0.25, -0.2) is 0 Å². The molecular weight excluding hydrogens is 272 g/mol. The third-order valence-electron chi connectivity index (χ3n) is 4.25. The van der Waals surface area contributed by atoms with Gasteiger partial charge in [0.2, 0.25) is 5.91 Å². The van der Waals surface area contributed by atoms with E-state index in [1.807, 2.05) is 0 Å².